The normalized spacial score (nSPS) is 12.4. The van der Waals surface area contributed by atoms with Gasteiger partial charge in [0.25, 0.3) is 0 Å². The Morgan fingerprint density at radius 3 is 2.67 bits per heavy atom. The lowest BCUT2D eigenvalue weighted by Gasteiger charge is -2.08. The Morgan fingerprint density at radius 2 is 2.11 bits per heavy atom. The molecule has 0 heterocycles. The number of amides is 1. The lowest BCUT2D eigenvalue weighted by atomic mass is 10.3. The van der Waals surface area contributed by atoms with Crippen molar-refractivity contribution in [2.45, 2.75) is 31.2 Å². The van der Waals surface area contributed by atoms with Crippen LogP contribution in [-0.2, 0) is 15.6 Å². The molecular weight excluding hydrogens is 255 g/mol. The summed E-state index contributed by atoms with van der Waals surface area (Å²) in [6.45, 7) is 3.70. The second-order valence-electron chi connectivity index (χ2n) is 4.24. The van der Waals surface area contributed by atoms with Gasteiger partial charge in [0.05, 0.1) is 10.8 Å². The van der Waals surface area contributed by atoms with Gasteiger partial charge in [-0.2, -0.15) is 0 Å². The van der Waals surface area contributed by atoms with Gasteiger partial charge in [-0.25, -0.2) is 4.39 Å². The SMILES string of the molecule is CC(C)NC(=O)CCS(=O)c1cc(N)cc(F)c1. The number of hydrogen-bond donors (Lipinski definition) is 2. The van der Waals surface area contributed by atoms with Crippen molar-refractivity contribution >= 4 is 22.4 Å². The average molecular weight is 272 g/mol. The van der Waals surface area contributed by atoms with E-state index in [4.69, 9.17) is 5.73 Å². The molecule has 0 saturated carbocycles. The van der Waals surface area contributed by atoms with Gasteiger partial charge in [-0.3, -0.25) is 9.00 Å². The lowest BCUT2D eigenvalue weighted by molar-refractivity contribution is -0.121. The van der Waals surface area contributed by atoms with E-state index >= 15 is 0 Å². The largest absolute Gasteiger partial charge is 0.399 e. The molecule has 0 aromatic heterocycles. The number of carbonyl (C=O) groups excluding carboxylic acids is 1. The highest BCUT2D eigenvalue weighted by molar-refractivity contribution is 7.85. The van der Waals surface area contributed by atoms with Gasteiger partial charge in [0, 0.05) is 28.8 Å². The van der Waals surface area contributed by atoms with Crippen LogP contribution in [0.2, 0.25) is 0 Å². The van der Waals surface area contributed by atoms with Gasteiger partial charge in [0.15, 0.2) is 0 Å². The molecule has 1 aromatic carbocycles. The first-order valence-corrected chi connectivity index (χ1v) is 6.94. The molecule has 6 heteroatoms. The van der Waals surface area contributed by atoms with Crippen molar-refractivity contribution in [1.82, 2.24) is 5.32 Å². The number of hydrogen-bond acceptors (Lipinski definition) is 3. The topological polar surface area (TPSA) is 72.2 Å². The number of rotatable bonds is 5. The van der Waals surface area contributed by atoms with Crippen molar-refractivity contribution < 1.29 is 13.4 Å². The Bertz CT molecular complexity index is 443. The third-order valence-corrected chi connectivity index (χ3v) is 3.46. The van der Waals surface area contributed by atoms with Crippen LogP contribution in [0.15, 0.2) is 23.1 Å². The summed E-state index contributed by atoms with van der Waals surface area (Å²) in [5.41, 5.74) is 5.69. The molecule has 0 bridgehead atoms. The van der Waals surface area contributed by atoms with Gasteiger partial charge in [0.2, 0.25) is 5.91 Å². The maximum Gasteiger partial charge on any atom is 0.221 e. The fourth-order valence-electron chi connectivity index (χ4n) is 1.41. The minimum atomic E-state index is -1.42. The molecule has 1 aromatic rings. The summed E-state index contributed by atoms with van der Waals surface area (Å²) in [5.74, 6) is -0.533. The molecule has 0 aliphatic rings. The minimum absolute atomic E-state index is 0.0516. The third kappa shape index (κ3) is 4.83. The Hall–Kier alpha value is -1.43. The van der Waals surface area contributed by atoms with Crippen molar-refractivity contribution in [3.63, 3.8) is 0 Å². The molecule has 0 saturated heterocycles. The molecule has 4 nitrogen and oxygen atoms in total. The van der Waals surface area contributed by atoms with E-state index in [0.29, 0.717) is 4.90 Å². The first-order valence-electron chi connectivity index (χ1n) is 5.62. The molecule has 0 aliphatic carbocycles. The maximum absolute atomic E-state index is 13.1. The number of carbonyl (C=O) groups is 1. The second kappa shape index (κ2) is 6.49. The van der Waals surface area contributed by atoms with Crippen LogP contribution in [0.4, 0.5) is 10.1 Å². The lowest BCUT2D eigenvalue weighted by Crippen LogP contribution is -2.30. The molecule has 0 spiro atoms. The Labute approximate surface area is 108 Å². The summed E-state index contributed by atoms with van der Waals surface area (Å²) in [7, 11) is -1.42. The van der Waals surface area contributed by atoms with E-state index < -0.39 is 16.6 Å². The summed E-state index contributed by atoms with van der Waals surface area (Å²) in [4.78, 5) is 11.7. The van der Waals surface area contributed by atoms with Crippen LogP contribution in [0.5, 0.6) is 0 Å². The summed E-state index contributed by atoms with van der Waals surface area (Å²) >= 11 is 0. The summed E-state index contributed by atoms with van der Waals surface area (Å²) < 4.78 is 24.9. The van der Waals surface area contributed by atoms with Crippen molar-refractivity contribution in [3.05, 3.63) is 24.0 Å². The highest BCUT2D eigenvalue weighted by Crippen LogP contribution is 2.15. The minimum Gasteiger partial charge on any atom is -0.399 e. The van der Waals surface area contributed by atoms with E-state index in [9.17, 15) is 13.4 Å². The van der Waals surface area contributed by atoms with Crippen LogP contribution in [0.3, 0.4) is 0 Å². The zero-order valence-corrected chi connectivity index (χ0v) is 11.2. The third-order valence-electron chi connectivity index (χ3n) is 2.12. The monoisotopic (exact) mass is 272 g/mol. The van der Waals surface area contributed by atoms with Crippen molar-refractivity contribution in [2.75, 3.05) is 11.5 Å². The molecule has 0 fully saturated rings. The van der Waals surface area contributed by atoms with E-state index in [2.05, 4.69) is 5.32 Å². The standard InChI is InChI=1S/C12H17FN2O2S/c1-8(2)15-12(16)3-4-18(17)11-6-9(13)5-10(14)7-11/h5-8H,3-4,14H2,1-2H3,(H,15,16). The van der Waals surface area contributed by atoms with Crippen molar-refractivity contribution in [2.24, 2.45) is 0 Å². The molecular formula is C12H17FN2O2S. The second-order valence-corrected chi connectivity index (χ2v) is 5.81. The van der Waals surface area contributed by atoms with Gasteiger partial charge < -0.3 is 11.1 Å². The first kappa shape index (κ1) is 14.6. The predicted molar refractivity (Wildman–Crippen MR) is 70.0 cm³/mol. The van der Waals surface area contributed by atoms with E-state index in [1.807, 2.05) is 13.8 Å². The maximum atomic E-state index is 13.1. The molecule has 3 N–H and O–H groups in total. The van der Waals surface area contributed by atoms with E-state index in [-0.39, 0.29) is 29.8 Å². The zero-order chi connectivity index (χ0) is 13.7. The Kier molecular flexibility index (Phi) is 5.27. The van der Waals surface area contributed by atoms with Crippen LogP contribution < -0.4 is 11.1 Å². The van der Waals surface area contributed by atoms with Crippen LogP contribution >= 0.6 is 0 Å². The number of nitrogens with one attached hydrogen (secondary N) is 1. The number of nitrogen functional groups attached to an aromatic ring is 1. The average Bonchev–Trinajstić information content (AvgIpc) is 2.23. The fourth-order valence-corrected chi connectivity index (χ4v) is 2.53. The van der Waals surface area contributed by atoms with Gasteiger partial charge in [0.1, 0.15) is 5.82 Å². The van der Waals surface area contributed by atoms with Crippen molar-refractivity contribution in [3.8, 4) is 0 Å². The summed E-state index contributed by atoms with van der Waals surface area (Å²) in [5, 5.41) is 2.70. The van der Waals surface area contributed by atoms with Crippen molar-refractivity contribution in [1.29, 1.82) is 0 Å². The number of nitrogens with two attached hydrogens (primary N) is 1. The summed E-state index contributed by atoms with van der Waals surface area (Å²) in [6, 6.07) is 3.84. The van der Waals surface area contributed by atoms with Gasteiger partial charge in [-0.1, -0.05) is 0 Å². The quantitative estimate of drug-likeness (QED) is 0.796. The van der Waals surface area contributed by atoms with Crippen LogP contribution in [0, 0.1) is 5.82 Å². The Morgan fingerprint density at radius 1 is 1.44 bits per heavy atom. The van der Waals surface area contributed by atoms with E-state index in [1.54, 1.807) is 0 Å². The molecule has 1 unspecified atom stereocenters. The molecule has 1 atom stereocenters. The van der Waals surface area contributed by atoms with E-state index in [1.165, 1.54) is 12.1 Å². The van der Waals surface area contributed by atoms with E-state index in [0.717, 1.165) is 6.07 Å². The molecule has 100 valence electrons. The molecule has 0 aliphatic heterocycles. The van der Waals surface area contributed by atoms with Crippen LogP contribution in [0.1, 0.15) is 20.3 Å². The van der Waals surface area contributed by atoms with Gasteiger partial charge in [-0.05, 0) is 32.0 Å². The zero-order valence-electron chi connectivity index (χ0n) is 10.4. The van der Waals surface area contributed by atoms with Crippen LogP contribution in [0.25, 0.3) is 0 Å². The number of halogens is 1. The van der Waals surface area contributed by atoms with Gasteiger partial charge in [-0.15, -0.1) is 0 Å². The molecule has 1 rings (SSSR count). The number of anilines is 1. The fraction of sp³-hybridized carbons (Fsp3) is 0.417. The first-order chi connectivity index (χ1) is 8.38. The molecule has 0 radical (unpaired) electrons. The highest BCUT2D eigenvalue weighted by Gasteiger charge is 2.10. The smallest absolute Gasteiger partial charge is 0.221 e. The Balaban J connectivity index is 2.58. The highest BCUT2D eigenvalue weighted by atomic mass is 32.2. The van der Waals surface area contributed by atoms with Gasteiger partial charge >= 0.3 is 0 Å². The number of benzene rings is 1. The predicted octanol–water partition coefficient (Wildman–Crippen LogP) is 1.43. The van der Waals surface area contributed by atoms with Crippen LogP contribution in [-0.4, -0.2) is 21.9 Å². The molecule has 1 amide bonds. The summed E-state index contributed by atoms with van der Waals surface area (Å²) in [6.07, 6.45) is 0.140. The molecule has 18 heavy (non-hydrogen) atoms.